The van der Waals surface area contributed by atoms with E-state index in [4.69, 9.17) is 9.47 Å². The Morgan fingerprint density at radius 1 is 1.25 bits per heavy atom. The van der Waals surface area contributed by atoms with Crippen LogP contribution in [-0.2, 0) is 17.9 Å². The maximum absolute atomic E-state index is 5.91. The van der Waals surface area contributed by atoms with Crippen molar-refractivity contribution in [2.45, 2.75) is 26.2 Å². The summed E-state index contributed by atoms with van der Waals surface area (Å²) in [5, 5.41) is 3.48. The van der Waals surface area contributed by atoms with Crippen LogP contribution in [0.1, 0.15) is 16.8 Å². The van der Waals surface area contributed by atoms with Crippen LogP contribution in [0.25, 0.3) is 5.65 Å². The number of nitrogens with one attached hydrogen (secondary N) is 1. The number of likely N-dealkylation sites (N-methyl/N-ethyl adjacent to an activating group) is 1. The molecule has 3 aromatic rings. The average Bonchev–Trinajstić information content (AvgIpc) is 3.12. The Morgan fingerprint density at radius 3 is 2.89 bits per heavy atom. The summed E-state index contributed by atoms with van der Waals surface area (Å²) in [6.07, 6.45) is 4.30. The van der Waals surface area contributed by atoms with E-state index >= 15 is 0 Å². The lowest BCUT2D eigenvalue weighted by atomic mass is 10.2. The second-order valence-corrected chi connectivity index (χ2v) is 7.47. The SMILES string of the molecule is Cc1cccn2cc(COc3ccc(CNCC4CN(C)CCO4)cc3)nc12. The van der Waals surface area contributed by atoms with Crippen LogP contribution >= 0.6 is 0 Å². The number of pyridine rings is 1. The first-order chi connectivity index (χ1) is 13.7. The van der Waals surface area contributed by atoms with Gasteiger partial charge in [-0.3, -0.25) is 0 Å². The number of imidazole rings is 1. The van der Waals surface area contributed by atoms with Crippen molar-refractivity contribution in [3.05, 3.63) is 65.6 Å². The Hall–Kier alpha value is -2.41. The van der Waals surface area contributed by atoms with E-state index < -0.39 is 0 Å². The summed E-state index contributed by atoms with van der Waals surface area (Å²) in [6.45, 7) is 7.06. The van der Waals surface area contributed by atoms with Crippen LogP contribution in [0.5, 0.6) is 5.75 Å². The van der Waals surface area contributed by atoms with E-state index in [0.717, 1.165) is 55.4 Å². The molecule has 1 atom stereocenters. The highest BCUT2D eigenvalue weighted by Gasteiger charge is 2.16. The van der Waals surface area contributed by atoms with Gasteiger partial charge >= 0.3 is 0 Å². The maximum Gasteiger partial charge on any atom is 0.140 e. The summed E-state index contributed by atoms with van der Waals surface area (Å²) in [5.41, 5.74) is 4.31. The first kappa shape index (κ1) is 18.9. The first-order valence-corrected chi connectivity index (χ1v) is 9.83. The van der Waals surface area contributed by atoms with Gasteiger partial charge in [-0.15, -0.1) is 0 Å². The number of aromatic nitrogens is 2. The third-order valence-electron chi connectivity index (χ3n) is 5.08. The fourth-order valence-electron chi connectivity index (χ4n) is 3.50. The summed E-state index contributed by atoms with van der Waals surface area (Å²) >= 11 is 0. The van der Waals surface area contributed by atoms with Crippen molar-refractivity contribution in [2.24, 2.45) is 0 Å². The Kier molecular flexibility index (Phi) is 5.90. The van der Waals surface area contributed by atoms with Crippen molar-refractivity contribution in [3.63, 3.8) is 0 Å². The zero-order valence-corrected chi connectivity index (χ0v) is 16.6. The minimum Gasteiger partial charge on any atom is -0.487 e. The first-order valence-electron chi connectivity index (χ1n) is 9.83. The molecule has 1 fully saturated rings. The van der Waals surface area contributed by atoms with Gasteiger partial charge in [-0.05, 0) is 43.3 Å². The minimum absolute atomic E-state index is 0.274. The molecule has 2 aromatic heterocycles. The van der Waals surface area contributed by atoms with Crippen molar-refractivity contribution in [2.75, 3.05) is 33.3 Å². The molecule has 0 saturated carbocycles. The monoisotopic (exact) mass is 380 g/mol. The molecule has 6 nitrogen and oxygen atoms in total. The second kappa shape index (κ2) is 8.73. The highest BCUT2D eigenvalue weighted by atomic mass is 16.5. The summed E-state index contributed by atoms with van der Waals surface area (Å²) < 4.78 is 13.7. The number of ether oxygens (including phenoxy) is 2. The quantitative estimate of drug-likeness (QED) is 0.683. The van der Waals surface area contributed by atoms with Gasteiger partial charge in [0, 0.05) is 38.6 Å². The smallest absolute Gasteiger partial charge is 0.140 e. The largest absolute Gasteiger partial charge is 0.487 e. The van der Waals surface area contributed by atoms with Gasteiger partial charge in [0.05, 0.1) is 18.4 Å². The second-order valence-electron chi connectivity index (χ2n) is 7.47. The zero-order valence-electron chi connectivity index (χ0n) is 16.6. The number of hydrogen-bond acceptors (Lipinski definition) is 5. The number of fused-ring (bicyclic) bond motifs is 1. The van der Waals surface area contributed by atoms with Gasteiger partial charge in [0.2, 0.25) is 0 Å². The molecule has 1 aliphatic heterocycles. The molecule has 0 amide bonds. The fourth-order valence-corrected chi connectivity index (χ4v) is 3.50. The molecule has 3 heterocycles. The van der Waals surface area contributed by atoms with Gasteiger partial charge < -0.3 is 24.1 Å². The third-order valence-corrected chi connectivity index (χ3v) is 5.08. The molecule has 1 unspecified atom stereocenters. The topological polar surface area (TPSA) is 51.0 Å². The van der Waals surface area contributed by atoms with Gasteiger partial charge in [-0.25, -0.2) is 4.98 Å². The molecule has 0 aliphatic carbocycles. The molecule has 28 heavy (non-hydrogen) atoms. The highest BCUT2D eigenvalue weighted by molar-refractivity contribution is 5.47. The number of rotatable bonds is 7. The fraction of sp³-hybridized carbons (Fsp3) is 0.409. The molecule has 6 heteroatoms. The van der Waals surface area contributed by atoms with Crippen LogP contribution in [0.2, 0.25) is 0 Å². The van der Waals surface area contributed by atoms with Gasteiger partial charge in [0.1, 0.15) is 18.0 Å². The van der Waals surface area contributed by atoms with Gasteiger partial charge in [0.15, 0.2) is 0 Å². The van der Waals surface area contributed by atoms with Crippen LogP contribution in [0.3, 0.4) is 0 Å². The number of hydrogen-bond donors (Lipinski definition) is 1. The van der Waals surface area contributed by atoms with E-state index in [1.165, 1.54) is 5.56 Å². The Balaban J connectivity index is 1.25. The molecule has 148 valence electrons. The number of aryl methyl sites for hydroxylation is 1. The average molecular weight is 380 g/mol. The number of benzene rings is 1. The van der Waals surface area contributed by atoms with E-state index in [9.17, 15) is 0 Å². The molecule has 1 N–H and O–H groups in total. The third kappa shape index (κ3) is 4.70. The molecule has 0 spiro atoms. The lowest BCUT2D eigenvalue weighted by molar-refractivity contribution is -0.0182. The van der Waals surface area contributed by atoms with Crippen molar-refractivity contribution in [1.82, 2.24) is 19.6 Å². The molecule has 1 aromatic carbocycles. The molecule has 0 radical (unpaired) electrons. The predicted octanol–water partition coefficient (Wildman–Crippen LogP) is 2.64. The Bertz CT molecular complexity index is 907. The van der Waals surface area contributed by atoms with Crippen LogP contribution in [0, 0.1) is 6.92 Å². The van der Waals surface area contributed by atoms with E-state index in [1.807, 2.05) is 35.0 Å². The summed E-state index contributed by atoms with van der Waals surface area (Å²) in [4.78, 5) is 6.96. The van der Waals surface area contributed by atoms with Gasteiger partial charge in [-0.2, -0.15) is 0 Å². The maximum atomic E-state index is 5.91. The molecular weight excluding hydrogens is 352 g/mol. The molecule has 0 bridgehead atoms. The number of nitrogens with zero attached hydrogens (tertiary/aromatic N) is 3. The molecule has 1 aliphatic rings. The van der Waals surface area contributed by atoms with Gasteiger partial charge in [-0.1, -0.05) is 18.2 Å². The summed E-state index contributed by atoms with van der Waals surface area (Å²) in [7, 11) is 2.14. The van der Waals surface area contributed by atoms with Crippen molar-refractivity contribution < 1.29 is 9.47 Å². The van der Waals surface area contributed by atoms with E-state index in [0.29, 0.717) is 6.61 Å². The van der Waals surface area contributed by atoms with Crippen molar-refractivity contribution in [3.8, 4) is 5.75 Å². The van der Waals surface area contributed by atoms with Crippen LogP contribution in [0.4, 0.5) is 0 Å². The Morgan fingerprint density at radius 2 is 2.11 bits per heavy atom. The number of morpholine rings is 1. The normalized spacial score (nSPS) is 17.9. The molecule has 1 saturated heterocycles. The standard InChI is InChI=1S/C22H28N4O2/c1-17-4-3-9-26-14-19(24-22(17)26)16-28-20-7-5-18(6-8-20)12-23-13-21-15-25(2)10-11-27-21/h3-9,14,21,23H,10-13,15-16H2,1-2H3. The lowest BCUT2D eigenvalue weighted by Gasteiger charge is -2.30. The molecule has 4 rings (SSSR count). The van der Waals surface area contributed by atoms with Gasteiger partial charge in [0.25, 0.3) is 0 Å². The van der Waals surface area contributed by atoms with Crippen LogP contribution in [-0.4, -0.2) is 53.7 Å². The van der Waals surface area contributed by atoms with Crippen molar-refractivity contribution >= 4 is 5.65 Å². The van der Waals surface area contributed by atoms with Crippen LogP contribution in [0.15, 0.2) is 48.8 Å². The van der Waals surface area contributed by atoms with E-state index in [-0.39, 0.29) is 6.10 Å². The van der Waals surface area contributed by atoms with Crippen molar-refractivity contribution in [1.29, 1.82) is 0 Å². The highest BCUT2D eigenvalue weighted by Crippen LogP contribution is 2.16. The summed E-state index contributed by atoms with van der Waals surface area (Å²) in [5.74, 6) is 0.856. The van der Waals surface area contributed by atoms with E-state index in [2.05, 4.69) is 47.4 Å². The predicted molar refractivity (Wildman–Crippen MR) is 110 cm³/mol. The zero-order chi connectivity index (χ0) is 19.3. The lowest BCUT2D eigenvalue weighted by Crippen LogP contribution is -2.44. The summed E-state index contributed by atoms with van der Waals surface area (Å²) in [6, 6.07) is 12.3. The Labute approximate surface area is 166 Å². The molecular formula is C22H28N4O2. The van der Waals surface area contributed by atoms with E-state index in [1.54, 1.807) is 0 Å². The minimum atomic E-state index is 0.274. The van der Waals surface area contributed by atoms with Crippen LogP contribution < -0.4 is 10.1 Å².